The predicted molar refractivity (Wildman–Crippen MR) is 103 cm³/mol. The minimum Gasteiger partial charge on any atom is -0.486 e. The average Bonchev–Trinajstić information content (AvgIpc) is 3.23. The molecule has 1 N–H and O–H groups in total. The maximum Gasteiger partial charge on any atom is 0.306 e. The van der Waals surface area contributed by atoms with Crippen molar-refractivity contribution in [2.75, 3.05) is 31.9 Å². The molecule has 2 aromatic carbocycles. The van der Waals surface area contributed by atoms with Crippen LogP contribution in [0.15, 0.2) is 36.4 Å². The number of hydrogen-bond acceptors (Lipinski definition) is 8. The van der Waals surface area contributed by atoms with E-state index in [1.807, 2.05) is 0 Å². The molecule has 0 unspecified atom stereocenters. The molecule has 0 saturated heterocycles. The number of Topliss-reactive ketones (excluding diaryl/α,β-unsaturated/α-hetero) is 1. The highest BCUT2D eigenvalue weighted by atomic mass is 16.7. The van der Waals surface area contributed by atoms with Gasteiger partial charge in [0.1, 0.15) is 13.2 Å². The summed E-state index contributed by atoms with van der Waals surface area (Å²) in [4.78, 5) is 36.1. The molecule has 0 radical (unpaired) electrons. The van der Waals surface area contributed by atoms with Crippen molar-refractivity contribution in [2.24, 2.45) is 0 Å². The Hall–Kier alpha value is -3.75. The standard InChI is InChI=1S/C21H19NO8/c23-15(13-1-4-16-18(9-13)27-8-7-26-16)3-6-21(25)28-11-20(24)22-14-2-5-17-19(10-14)30-12-29-17/h1-2,4-5,9-10H,3,6-8,11-12H2,(H,22,24). The number of ketones is 1. The fourth-order valence-corrected chi connectivity index (χ4v) is 2.97. The van der Waals surface area contributed by atoms with Crippen molar-refractivity contribution in [1.29, 1.82) is 0 Å². The number of ether oxygens (including phenoxy) is 5. The zero-order valence-electron chi connectivity index (χ0n) is 16.0. The second-order valence-corrected chi connectivity index (χ2v) is 6.56. The van der Waals surface area contributed by atoms with Crippen LogP contribution in [0.3, 0.4) is 0 Å². The van der Waals surface area contributed by atoms with E-state index in [0.29, 0.717) is 47.5 Å². The summed E-state index contributed by atoms with van der Waals surface area (Å²) in [6.45, 7) is 0.570. The lowest BCUT2D eigenvalue weighted by atomic mass is 10.1. The summed E-state index contributed by atoms with van der Waals surface area (Å²) < 4.78 is 26.2. The van der Waals surface area contributed by atoms with Gasteiger partial charge in [-0.3, -0.25) is 14.4 Å². The van der Waals surface area contributed by atoms with Gasteiger partial charge < -0.3 is 29.0 Å². The molecule has 0 aromatic heterocycles. The topological polar surface area (TPSA) is 109 Å². The molecule has 30 heavy (non-hydrogen) atoms. The molecule has 2 heterocycles. The number of carbonyl (C=O) groups is 3. The molecule has 2 aliphatic rings. The monoisotopic (exact) mass is 413 g/mol. The van der Waals surface area contributed by atoms with Gasteiger partial charge in [-0.1, -0.05) is 0 Å². The Morgan fingerprint density at radius 3 is 2.40 bits per heavy atom. The molecular weight excluding hydrogens is 394 g/mol. The van der Waals surface area contributed by atoms with Crippen LogP contribution in [0.4, 0.5) is 5.69 Å². The van der Waals surface area contributed by atoms with E-state index < -0.39 is 18.5 Å². The molecule has 4 rings (SSSR count). The highest BCUT2D eigenvalue weighted by Gasteiger charge is 2.17. The lowest BCUT2D eigenvalue weighted by Crippen LogP contribution is -2.21. The van der Waals surface area contributed by atoms with E-state index >= 15 is 0 Å². The molecule has 2 aliphatic heterocycles. The van der Waals surface area contributed by atoms with E-state index in [1.54, 1.807) is 36.4 Å². The van der Waals surface area contributed by atoms with Gasteiger partial charge in [-0.25, -0.2) is 0 Å². The lowest BCUT2D eigenvalue weighted by molar-refractivity contribution is -0.147. The van der Waals surface area contributed by atoms with Gasteiger partial charge >= 0.3 is 5.97 Å². The third-order valence-electron chi connectivity index (χ3n) is 4.44. The van der Waals surface area contributed by atoms with Crippen LogP contribution in [0.2, 0.25) is 0 Å². The number of carbonyl (C=O) groups excluding carboxylic acids is 3. The first kappa shape index (κ1) is 19.6. The third-order valence-corrected chi connectivity index (χ3v) is 4.44. The minimum absolute atomic E-state index is 0.0394. The van der Waals surface area contributed by atoms with Crippen LogP contribution in [-0.2, 0) is 14.3 Å². The Morgan fingerprint density at radius 2 is 1.53 bits per heavy atom. The lowest BCUT2D eigenvalue weighted by Gasteiger charge is -2.18. The van der Waals surface area contributed by atoms with Crippen LogP contribution in [0, 0.1) is 0 Å². The van der Waals surface area contributed by atoms with Gasteiger partial charge in [0.25, 0.3) is 5.91 Å². The Labute approximate surface area is 171 Å². The van der Waals surface area contributed by atoms with E-state index in [-0.39, 0.29) is 25.4 Å². The van der Waals surface area contributed by atoms with Crippen molar-refractivity contribution in [3.05, 3.63) is 42.0 Å². The number of esters is 1. The van der Waals surface area contributed by atoms with Gasteiger partial charge in [0.2, 0.25) is 6.79 Å². The zero-order valence-corrected chi connectivity index (χ0v) is 16.0. The third kappa shape index (κ3) is 4.62. The summed E-state index contributed by atoms with van der Waals surface area (Å²) >= 11 is 0. The van der Waals surface area contributed by atoms with E-state index in [0.717, 1.165) is 0 Å². The maximum absolute atomic E-state index is 12.3. The van der Waals surface area contributed by atoms with Crippen molar-refractivity contribution in [2.45, 2.75) is 12.8 Å². The normalized spacial score (nSPS) is 13.5. The summed E-state index contributed by atoms with van der Waals surface area (Å²) in [5.74, 6) is 0.862. The van der Waals surface area contributed by atoms with Gasteiger partial charge in [-0.05, 0) is 30.3 Å². The van der Waals surface area contributed by atoms with E-state index in [1.165, 1.54) is 0 Å². The first-order chi connectivity index (χ1) is 14.6. The SMILES string of the molecule is O=C(COC(=O)CCC(=O)c1ccc2c(c1)OCCO2)Nc1ccc2c(c1)OCO2. The molecule has 156 valence electrons. The van der Waals surface area contributed by atoms with E-state index in [4.69, 9.17) is 23.7 Å². The second kappa shape index (κ2) is 8.73. The number of hydrogen-bond donors (Lipinski definition) is 1. The molecule has 9 nitrogen and oxygen atoms in total. The fraction of sp³-hybridized carbons (Fsp3) is 0.286. The summed E-state index contributed by atoms with van der Waals surface area (Å²) in [7, 11) is 0. The minimum atomic E-state index is -0.637. The fourth-order valence-electron chi connectivity index (χ4n) is 2.97. The first-order valence-corrected chi connectivity index (χ1v) is 9.36. The van der Waals surface area contributed by atoms with Crippen molar-refractivity contribution in [3.63, 3.8) is 0 Å². The smallest absolute Gasteiger partial charge is 0.306 e. The van der Waals surface area contributed by atoms with Crippen LogP contribution in [0.1, 0.15) is 23.2 Å². The Balaban J connectivity index is 1.21. The highest BCUT2D eigenvalue weighted by molar-refractivity contribution is 5.98. The van der Waals surface area contributed by atoms with Crippen LogP contribution in [-0.4, -0.2) is 44.3 Å². The summed E-state index contributed by atoms with van der Waals surface area (Å²) in [5, 5.41) is 2.60. The number of rotatable bonds is 7. The maximum atomic E-state index is 12.3. The van der Waals surface area contributed by atoms with Gasteiger partial charge in [0.15, 0.2) is 35.4 Å². The summed E-state index contributed by atoms with van der Waals surface area (Å²) in [6.07, 6.45) is -0.174. The largest absolute Gasteiger partial charge is 0.486 e. The van der Waals surface area contributed by atoms with Crippen molar-refractivity contribution in [3.8, 4) is 23.0 Å². The quantitative estimate of drug-likeness (QED) is 0.544. The Bertz CT molecular complexity index is 987. The molecule has 9 heteroatoms. The first-order valence-electron chi connectivity index (χ1n) is 9.36. The van der Waals surface area contributed by atoms with Gasteiger partial charge in [-0.2, -0.15) is 0 Å². The molecule has 0 spiro atoms. The summed E-state index contributed by atoms with van der Waals surface area (Å²) in [6, 6.07) is 9.84. The van der Waals surface area contributed by atoms with Gasteiger partial charge in [0.05, 0.1) is 6.42 Å². The van der Waals surface area contributed by atoms with Crippen LogP contribution < -0.4 is 24.3 Å². The van der Waals surface area contributed by atoms with Crippen LogP contribution in [0.25, 0.3) is 0 Å². The van der Waals surface area contributed by atoms with E-state index in [2.05, 4.69) is 5.32 Å². The molecule has 1 amide bonds. The molecule has 0 fully saturated rings. The predicted octanol–water partition coefficient (Wildman–Crippen LogP) is 2.33. The average molecular weight is 413 g/mol. The second-order valence-electron chi connectivity index (χ2n) is 6.56. The van der Waals surface area contributed by atoms with E-state index in [9.17, 15) is 14.4 Å². The molecular formula is C21H19NO8. The number of fused-ring (bicyclic) bond motifs is 2. The van der Waals surface area contributed by atoms with Crippen LogP contribution >= 0.6 is 0 Å². The number of anilines is 1. The van der Waals surface area contributed by atoms with Crippen LogP contribution in [0.5, 0.6) is 23.0 Å². The number of nitrogens with one attached hydrogen (secondary N) is 1. The molecule has 2 aromatic rings. The Morgan fingerprint density at radius 1 is 0.833 bits per heavy atom. The molecule has 0 saturated carbocycles. The van der Waals surface area contributed by atoms with Crippen molar-refractivity contribution < 1.29 is 38.1 Å². The summed E-state index contributed by atoms with van der Waals surface area (Å²) in [5.41, 5.74) is 0.918. The van der Waals surface area contributed by atoms with Gasteiger partial charge in [0, 0.05) is 23.7 Å². The Kier molecular flexibility index (Phi) is 5.69. The number of amides is 1. The van der Waals surface area contributed by atoms with Crippen molar-refractivity contribution in [1.82, 2.24) is 0 Å². The zero-order chi connectivity index (χ0) is 20.9. The van der Waals surface area contributed by atoms with Crippen molar-refractivity contribution >= 4 is 23.3 Å². The highest BCUT2D eigenvalue weighted by Crippen LogP contribution is 2.34. The molecule has 0 atom stereocenters. The molecule has 0 bridgehead atoms. The van der Waals surface area contributed by atoms with Gasteiger partial charge in [-0.15, -0.1) is 0 Å². The number of benzene rings is 2. The molecule has 0 aliphatic carbocycles.